The molecule has 2 amide bonds. The lowest BCUT2D eigenvalue weighted by Gasteiger charge is -2.13. The molecular weight excluding hydrogens is 288 g/mol. The van der Waals surface area contributed by atoms with Crippen LogP contribution >= 0.6 is 22.9 Å². The second kappa shape index (κ2) is 8.01. The predicted molar refractivity (Wildman–Crippen MR) is 75.6 cm³/mol. The number of urea groups is 1. The first-order valence-corrected chi connectivity index (χ1v) is 7.18. The van der Waals surface area contributed by atoms with Gasteiger partial charge in [-0.2, -0.15) is 0 Å². The Morgan fingerprint density at radius 3 is 2.68 bits per heavy atom. The summed E-state index contributed by atoms with van der Waals surface area (Å²) in [5.74, 6) is -0.887. The van der Waals surface area contributed by atoms with Crippen LogP contribution in [0.3, 0.4) is 0 Å². The molecule has 0 saturated carbocycles. The highest BCUT2D eigenvalue weighted by atomic mass is 35.5. The molecule has 0 radical (unpaired) electrons. The molecule has 0 spiro atoms. The molecular formula is C12H17ClN2O3S. The number of carboxylic acids is 1. The summed E-state index contributed by atoms with van der Waals surface area (Å²) in [6, 6.07) is 3.33. The smallest absolute Gasteiger partial charge is 0.315 e. The second-order valence-corrected chi connectivity index (χ2v) is 5.94. The maximum Gasteiger partial charge on any atom is 0.315 e. The van der Waals surface area contributed by atoms with Crippen LogP contribution < -0.4 is 10.6 Å². The molecule has 1 aromatic rings. The summed E-state index contributed by atoms with van der Waals surface area (Å²) < 4.78 is 0.685. The molecule has 1 heterocycles. The molecule has 0 aliphatic rings. The second-order valence-electron chi connectivity index (χ2n) is 4.14. The van der Waals surface area contributed by atoms with Crippen LogP contribution in [0.1, 0.15) is 24.6 Å². The van der Waals surface area contributed by atoms with Crippen LogP contribution in [0.15, 0.2) is 12.1 Å². The predicted octanol–water partition coefficient (Wildman–Crippen LogP) is 2.70. The number of hydrogen-bond acceptors (Lipinski definition) is 3. The zero-order valence-electron chi connectivity index (χ0n) is 10.6. The Hall–Kier alpha value is -1.27. The van der Waals surface area contributed by atoms with Crippen LogP contribution in [0.2, 0.25) is 4.34 Å². The number of rotatable bonds is 7. The average Bonchev–Trinajstić information content (AvgIpc) is 2.77. The fourth-order valence-electron chi connectivity index (χ4n) is 1.52. The van der Waals surface area contributed by atoms with Gasteiger partial charge in [-0.3, -0.25) is 4.79 Å². The van der Waals surface area contributed by atoms with Crippen LogP contribution in [0.25, 0.3) is 0 Å². The molecule has 0 fully saturated rings. The third-order valence-electron chi connectivity index (χ3n) is 2.64. The molecule has 0 bridgehead atoms. The van der Waals surface area contributed by atoms with E-state index in [0.29, 0.717) is 23.8 Å². The Kier molecular flexibility index (Phi) is 6.66. The van der Waals surface area contributed by atoms with Crippen LogP contribution in [0, 0.1) is 5.92 Å². The van der Waals surface area contributed by atoms with Crippen LogP contribution in [0.4, 0.5) is 4.79 Å². The van der Waals surface area contributed by atoms with Crippen molar-refractivity contribution in [2.75, 3.05) is 6.54 Å². The molecule has 1 rings (SSSR count). The third-order valence-corrected chi connectivity index (χ3v) is 3.88. The van der Waals surface area contributed by atoms with Crippen LogP contribution in [0.5, 0.6) is 0 Å². The van der Waals surface area contributed by atoms with E-state index in [1.165, 1.54) is 11.3 Å². The maximum atomic E-state index is 11.5. The maximum absolute atomic E-state index is 11.5. The van der Waals surface area contributed by atoms with Crippen molar-refractivity contribution in [1.29, 1.82) is 0 Å². The molecule has 1 atom stereocenters. The number of halogens is 1. The van der Waals surface area contributed by atoms with Gasteiger partial charge in [0.25, 0.3) is 0 Å². The van der Waals surface area contributed by atoms with E-state index in [0.717, 1.165) is 4.88 Å². The first kappa shape index (κ1) is 15.8. The van der Waals surface area contributed by atoms with Crippen molar-refractivity contribution in [3.05, 3.63) is 21.3 Å². The number of carbonyl (C=O) groups is 2. The lowest BCUT2D eigenvalue weighted by molar-refractivity contribution is -0.138. The van der Waals surface area contributed by atoms with Gasteiger partial charge in [-0.25, -0.2) is 4.79 Å². The van der Waals surface area contributed by atoms with Gasteiger partial charge in [-0.1, -0.05) is 24.9 Å². The van der Waals surface area contributed by atoms with Gasteiger partial charge in [0.05, 0.1) is 10.9 Å². The van der Waals surface area contributed by atoms with E-state index in [2.05, 4.69) is 10.6 Å². The van der Waals surface area contributed by atoms with Crippen molar-refractivity contribution < 1.29 is 14.7 Å². The normalized spacial score (nSPS) is 11.9. The Morgan fingerprint density at radius 1 is 1.42 bits per heavy atom. The van der Waals surface area contributed by atoms with Gasteiger partial charge in [-0.05, 0) is 18.1 Å². The number of carbonyl (C=O) groups excluding carboxylic acids is 1. The number of amides is 2. The monoisotopic (exact) mass is 304 g/mol. The van der Waals surface area contributed by atoms with E-state index < -0.39 is 5.97 Å². The van der Waals surface area contributed by atoms with E-state index in [-0.39, 0.29) is 18.4 Å². The number of hydrogen-bond donors (Lipinski definition) is 3. The van der Waals surface area contributed by atoms with E-state index >= 15 is 0 Å². The number of thiophene rings is 1. The van der Waals surface area contributed by atoms with Gasteiger partial charge in [0.15, 0.2) is 0 Å². The lowest BCUT2D eigenvalue weighted by atomic mass is 10.0. The van der Waals surface area contributed by atoms with Gasteiger partial charge in [0.1, 0.15) is 0 Å². The van der Waals surface area contributed by atoms with E-state index in [1.807, 2.05) is 13.0 Å². The van der Waals surface area contributed by atoms with Gasteiger partial charge < -0.3 is 15.7 Å². The molecule has 0 aliphatic heterocycles. The summed E-state index contributed by atoms with van der Waals surface area (Å²) in [6.45, 7) is 2.68. The molecule has 5 nitrogen and oxygen atoms in total. The standard InChI is InChI=1S/C12H17ClN2O3S/c1-2-8(5-11(16)17)6-14-12(18)15-7-9-3-4-10(13)19-9/h3-4,8H,2,5-7H2,1H3,(H,16,17)(H2,14,15,18). The van der Waals surface area contributed by atoms with Crippen LogP contribution in [-0.2, 0) is 11.3 Å². The Balaban J connectivity index is 2.25. The summed E-state index contributed by atoms with van der Waals surface area (Å²) in [5, 5.41) is 14.1. The Labute approximate surface area is 121 Å². The summed E-state index contributed by atoms with van der Waals surface area (Å²) >= 11 is 7.19. The van der Waals surface area contributed by atoms with Crippen molar-refractivity contribution in [2.45, 2.75) is 26.3 Å². The van der Waals surface area contributed by atoms with E-state index in [1.54, 1.807) is 6.07 Å². The zero-order chi connectivity index (χ0) is 14.3. The molecule has 106 valence electrons. The van der Waals surface area contributed by atoms with E-state index in [9.17, 15) is 9.59 Å². The highest BCUT2D eigenvalue weighted by Gasteiger charge is 2.12. The molecule has 1 unspecified atom stereocenters. The lowest BCUT2D eigenvalue weighted by Crippen LogP contribution is -2.38. The number of nitrogens with one attached hydrogen (secondary N) is 2. The minimum Gasteiger partial charge on any atom is -0.481 e. The first-order chi connectivity index (χ1) is 9.01. The minimum atomic E-state index is -0.845. The van der Waals surface area contributed by atoms with Crippen molar-refractivity contribution in [3.63, 3.8) is 0 Å². The molecule has 0 aliphatic carbocycles. The average molecular weight is 305 g/mol. The van der Waals surface area contributed by atoms with Gasteiger partial charge in [-0.15, -0.1) is 11.3 Å². The fraction of sp³-hybridized carbons (Fsp3) is 0.500. The zero-order valence-corrected chi connectivity index (χ0v) is 12.2. The largest absolute Gasteiger partial charge is 0.481 e. The van der Waals surface area contributed by atoms with Gasteiger partial charge in [0.2, 0.25) is 0 Å². The highest BCUT2D eigenvalue weighted by Crippen LogP contribution is 2.20. The Morgan fingerprint density at radius 2 is 2.16 bits per heavy atom. The SMILES string of the molecule is CCC(CNC(=O)NCc1ccc(Cl)s1)CC(=O)O. The number of carboxylic acid groups (broad SMARTS) is 1. The molecule has 0 aromatic carbocycles. The van der Waals surface area contributed by atoms with E-state index in [4.69, 9.17) is 16.7 Å². The molecule has 1 aromatic heterocycles. The Bertz CT molecular complexity index is 436. The summed E-state index contributed by atoms with van der Waals surface area (Å²) in [4.78, 5) is 23.1. The molecule has 3 N–H and O–H groups in total. The first-order valence-electron chi connectivity index (χ1n) is 5.99. The molecule has 0 saturated heterocycles. The quantitative estimate of drug-likeness (QED) is 0.724. The van der Waals surface area contributed by atoms with Crippen molar-refractivity contribution in [3.8, 4) is 0 Å². The van der Waals surface area contributed by atoms with Crippen LogP contribution in [-0.4, -0.2) is 23.7 Å². The highest BCUT2D eigenvalue weighted by molar-refractivity contribution is 7.16. The number of aliphatic carboxylic acids is 1. The summed E-state index contributed by atoms with van der Waals surface area (Å²) in [6.07, 6.45) is 0.782. The molecule has 19 heavy (non-hydrogen) atoms. The van der Waals surface area contributed by atoms with Gasteiger partial charge in [0, 0.05) is 17.8 Å². The topological polar surface area (TPSA) is 78.4 Å². The fourth-order valence-corrected chi connectivity index (χ4v) is 2.55. The third kappa shape index (κ3) is 6.45. The minimum absolute atomic E-state index is 0.0422. The van der Waals surface area contributed by atoms with Crippen molar-refractivity contribution in [2.24, 2.45) is 5.92 Å². The van der Waals surface area contributed by atoms with Gasteiger partial charge >= 0.3 is 12.0 Å². The van der Waals surface area contributed by atoms with Crippen molar-refractivity contribution >= 4 is 34.9 Å². The molecule has 7 heteroatoms. The summed E-state index contributed by atoms with van der Waals surface area (Å²) in [5.41, 5.74) is 0. The summed E-state index contributed by atoms with van der Waals surface area (Å²) in [7, 11) is 0. The van der Waals surface area contributed by atoms with Crippen molar-refractivity contribution in [1.82, 2.24) is 10.6 Å².